The van der Waals surface area contributed by atoms with E-state index in [0.29, 0.717) is 5.57 Å². The summed E-state index contributed by atoms with van der Waals surface area (Å²) in [6, 6.07) is 19.4. The Bertz CT molecular complexity index is 948. The van der Waals surface area contributed by atoms with Crippen LogP contribution in [0.5, 0.6) is 0 Å². The van der Waals surface area contributed by atoms with Crippen LogP contribution in [0.25, 0.3) is 0 Å². The van der Waals surface area contributed by atoms with Crippen LogP contribution in [0.15, 0.2) is 84.1 Å². The van der Waals surface area contributed by atoms with Gasteiger partial charge in [-0.1, -0.05) is 72.8 Å². The fraction of sp³-hybridized carbons (Fsp3) is 0.217. The summed E-state index contributed by atoms with van der Waals surface area (Å²) in [6.07, 6.45) is 3.64. The molecule has 2 aromatic rings. The first-order valence-electron chi connectivity index (χ1n) is 9.48. The molecule has 0 aromatic heterocycles. The van der Waals surface area contributed by atoms with Crippen molar-refractivity contribution < 1.29 is 14.7 Å². The van der Waals surface area contributed by atoms with Gasteiger partial charge in [0.2, 0.25) is 5.91 Å². The summed E-state index contributed by atoms with van der Waals surface area (Å²) >= 11 is 1.57. The maximum atomic E-state index is 12.3. The number of nitrogens with two attached hydrogens (primary N) is 1. The topological polar surface area (TPSA) is 83.6 Å². The molecule has 2 aromatic carbocycles. The van der Waals surface area contributed by atoms with Crippen LogP contribution in [0, 0.1) is 0 Å². The lowest BCUT2D eigenvalue weighted by molar-refractivity contribution is -0.148. The third-order valence-electron chi connectivity index (χ3n) is 5.36. The van der Waals surface area contributed by atoms with Crippen molar-refractivity contribution in [2.45, 2.75) is 29.5 Å². The number of nitrogens with zero attached hydrogens (tertiary/aromatic N) is 1. The highest BCUT2D eigenvalue weighted by molar-refractivity contribution is 8.01. The molecule has 6 heteroatoms. The molecule has 5 nitrogen and oxygen atoms in total. The second kappa shape index (κ2) is 7.89. The molecule has 0 radical (unpaired) electrons. The molecule has 148 valence electrons. The highest BCUT2D eigenvalue weighted by atomic mass is 32.2. The van der Waals surface area contributed by atoms with Crippen molar-refractivity contribution in [3.8, 4) is 0 Å². The summed E-state index contributed by atoms with van der Waals surface area (Å²) in [7, 11) is 0. The van der Waals surface area contributed by atoms with Crippen LogP contribution in [0.2, 0.25) is 0 Å². The van der Waals surface area contributed by atoms with Gasteiger partial charge in [-0.15, -0.1) is 11.8 Å². The van der Waals surface area contributed by atoms with Crippen LogP contribution in [-0.4, -0.2) is 38.5 Å². The van der Waals surface area contributed by atoms with Gasteiger partial charge in [0, 0.05) is 11.2 Å². The monoisotopic (exact) mass is 406 g/mol. The molecule has 1 amide bonds. The molecule has 1 saturated heterocycles. The van der Waals surface area contributed by atoms with Crippen LogP contribution >= 0.6 is 11.8 Å². The molecule has 4 rings (SSSR count). The van der Waals surface area contributed by atoms with E-state index in [2.05, 4.69) is 24.3 Å². The Balaban J connectivity index is 1.92. The van der Waals surface area contributed by atoms with Crippen LogP contribution in [0.1, 0.15) is 24.0 Å². The molecule has 1 fully saturated rings. The van der Waals surface area contributed by atoms with Gasteiger partial charge in [0.15, 0.2) is 0 Å². The number of benzene rings is 2. The summed E-state index contributed by atoms with van der Waals surface area (Å²) in [5, 5.41) is 9.40. The van der Waals surface area contributed by atoms with E-state index in [9.17, 15) is 14.7 Å². The molecule has 2 aliphatic heterocycles. The molecule has 0 saturated carbocycles. The minimum absolute atomic E-state index is 0.0420. The fourth-order valence-corrected chi connectivity index (χ4v) is 5.79. The van der Waals surface area contributed by atoms with E-state index < -0.39 is 12.0 Å². The minimum Gasteiger partial charge on any atom is -0.477 e. The molecule has 0 bridgehead atoms. The largest absolute Gasteiger partial charge is 0.477 e. The Morgan fingerprint density at radius 1 is 1.10 bits per heavy atom. The number of carbonyl (C=O) groups excluding carboxylic acids is 1. The zero-order valence-corrected chi connectivity index (χ0v) is 16.8. The zero-order valence-electron chi connectivity index (χ0n) is 15.9. The van der Waals surface area contributed by atoms with Crippen molar-refractivity contribution in [2.75, 3.05) is 0 Å². The highest BCUT2D eigenvalue weighted by Gasteiger charge is 2.55. The summed E-state index contributed by atoms with van der Waals surface area (Å²) in [5.41, 5.74) is 8.92. The number of rotatable bonds is 5. The first kappa shape index (κ1) is 19.5. The van der Waals surface area contributed by atoms with Crippen molar-refractivity contribution in [3.63, 3.8) is 0 Å². The quantitative estimate of drug-likeness (QED) is 0.744. The number of hydrogen-bond acceptors (Lipinski definition) is 4. The number of hydrogen-bond donors (Lipinski definition) is 2. The van der Waals surface area contributed by atoms with E-state index in [0.717, 1.165) is 11.1 Å². The lowest BCUT2D eigenvalue weighted by Gasteiger charge is -2.51. The number of aliphatic carboxylic acids is 1. The van der Waals surface area contributed by atoms with E-state index >= 15 is 0 Å². The summed E-state index contributed by atoms with van der Waals surface area (Å²) in [6.45, 7) is 1.85. The predicted molar refractivity (Wildman–Crippen MR) is 114 cm³/mol. The van der Waals surface area contributed by atoms with Gasteiger partial charge in [-0.05, 0) is 23.6 Å². The molecular formula is C23H22N2O3S. The third kappa shape index (κ3) is 3.28. The maximum Gasteiger partial charge on any atom is 0.352 e. The Hall–Kier alpha value is -2.83. The Morgan fingerprint density at radius 3 is 2.14 bits per heavy atom. The SMILES string of the molecule is C/C=C\C1=C(C(=O)O)N2C(=O)C(N)[C@H]2SC1C(c1ccccc1)c1ccccc1. The van der Waals surface area contributed by atoms with Crippen LogP contribution in [0.3, 0.4) is 0 Å². The maximum absolute atomic E-state index is 12.3. The minimum atomic E-state index is -1.10. The number of carboxylic acid groups (broad SMARTS) is 1. The Labute approximate surface area is 173 Å². The van der Waals surface area contributed by atoms with Crippen molar-refractivity contribution in [1.82, 2.24) is 4.90 Å². The first-order valence-corrected chi connectivity index (χ1v) is 10.4. The number of thioether (sulfide) groups is 1. The number of carboxylic acids is 1. The molecule has 2 aliphatic rings. The van der Waals surface area contributed by atoms with Gasteiger partial charge in [-0.3, -0.25) is 9.69 Å². The molecule has 2 heterocycles. The first-order chi connectivity index (χ1) is 14.0. The lowest BCUT2D eigenvalue weighted by atomic mass is 9.84. The fourth-order valence-electron chi connectivity index (χ4n) is 4.07. The average Bonchev–Trinajstić information content (AvgIpc) is 2.75. The molecule has 0 spiro atoms. The Morgan fingerprint density at radius 2 is 1.66 bits per heavy atom. The van der Waals surface area contributed by atoms with Crippen molar-refractivity contribution in [2.24, 2.45) is 5.73 Å². The molecule has 0 aliphatic carbocycles. The third-order valence-corrected chi connectivity index (χ3v) is 6.96. The second-order valence-electron chi connectivity index (χ2n) is 7.09. The Kier molecular flexibility index (Phi) is 5.30. The molecular weight excluding hydrogens is 384 g/mol. The van der Waals surface area contributed by atoms with Crippen LogP contribution < -0.4 is 5.73 Å². The van der Waals surface area contributed by atoms with Crippen molar-refractivity contribution in [1.29, 1.82) is 0 Å². The van der Waals surface area contributed by atoms with E-state index in [1.54, 1.807) is 11.8 Å². The van der Waals surface area contributed by atoms with Gasteiger partial charge < -0.3 is 10.8 Å². The second-order valence-corrected chi connectivity index (χ2v) is 8.35. The van der Waals surface area contributed by atoms with E-state index in [-0.39, 0.29) is 28.1 Å². The number of amides is 1. The number of allylic oxidation sites excluding steroid dienone is 2. The van der Waals surface area contributed by atoms with E-state index in [1.807, 2.05) is 55.5 Å². The standard InChI is InChI=1S/C23H22N2O3S/c1-2-9-16-19(23(27)28)25-21(26)18(24)22(25)29-20(16)17(14-10-5-3-6-11-14)15-12-7-4-8-13-15/h2-13,17-18,20,22H,24H2,1H3,(H,27,28)/b9-2-/t18?,20?,22-/m1/s1. The van der Waals surface area contributed by atoms with Gasteiger partial charge in [0.05, 0.1) is 0 Å². The molecule has 3 N–H and O–H groups in total. The van der Waals surface area contributed by atoms with Crippen molar-refractivity contribution in [3.05, 3.63) is 95.2 Å². The van der Waals surface area contributed by atoms with Gasteiger partial charge >= 0.3 is 5.97 Å². The normalized spacial score (nSPS) is 24.0. The molecule has 2 unspecified atom stereocenters. The summed E-state index contributed by atoms with van der Waals surface area (Å²) in [4.78, 5) is 25.9. The van der Waals surface area contributed by atoms with Gasteiger partial charge in [0.1, 0.15) is 17.1 Å². The van der Waals surface area contributed by atoms with E-state index in [1.165, 1.54) is 4.90 Å². The predicted octanol–water partition coefficient (Wildman–Crippen LogP) is 3.34. The number of β-lactam (4-membered cyclic amide) rings is 1. The van der Waals surface area contributed by atoms with Crippen molar-refractivity contribution >= 4 is 23.6 Å². The average molecular weight is 407 g/mol. The number of carbonyl (C=O) groups is 2. The lowest BCUT2D eigenvalue weighted by Crippen LogP contribution is -2.69. The number of fused-ring (bicyclic) bond motifs is 1. The highest BCUT2D eigenvalue weighted by Crippen LogP contribution is 2.50. The zero-order chi connectivity index (χ0) is 20.5. The van der Waals surface area contributed by atoms with Crippen LogP contribution in [0.4, 0.5) is 0 Å². The van der Waals surface area contributed by atoms with Gasteiger partial charge in [-0.2, -0.15) is 0 Å². The summed E-state index contributed by atoms with van der Waals surface area (Å²) in [5.74, 6) is -1.52. The molecule has 29 heavy (non-hydrogen) atoms. The molecule has 3 atom stereocenters. The summed E-state index contributed by atoms with van der Waals surface area (Å²) < 4.78 is 0. The van der Waals surface area contributed by atoms with Gasteiger partial charge in [0.25, 0.3) is 0 Å². The van der Waals surface area contributed by atoms with E-state index in [4.69, 9.17) is 5.73 Å². The van der Waals surface area contributed by atoms with Crippen LogP contribution in [-0.2, 0) is 9.59 Å². The smallest absolute Gasteiger partial charge is 0.352 e. The van der Waals surface area contributed by atoms with Gasteiger partial charge in [-0.25, -0.2) is 4.79 Å².